The van der Waals surface area contributed by atoms with Gasteiger partial charge < -0.3 is 4.90 Å². The van der Waals surface area contributed by atoms with E-state index in [2.05, 4.69) is 27.5 Å². The molecule has 3 nitrogen and oxygen atoms in total. The smallest absolute Gasteiger partial charge is 0.232 e. The normalized spacial score (nSPS) is 13.2. The van der Waals surface area contributed by atoms with Crippen LogP contribution in [-0.2, 0) is 4.79 Å². The first kappa shape index (κ1) is 16.4. The summed E-state index contributed by atoms with van der Waals surface area (Å²) in [7, 11) is 3.53. The van der Waals surface area contributed by atoms with Gasteiger partial charge in [-0.25, -0.2) is 0 Å². The quantitative estimate of drug-likeness (QED) is 0.757. The average molecular weight is 359 g/mol. The van der Waals surface area contributed by atoms with E-state index in [4.69, 9.17) is 0 Å². The molecule has 0 bridgehead atoms. The van der Waals surface area contributed by atoms with Crippen LogP contribution in [0.5, 0.6) is 0 Å². The molecular formula is C18H19BrN2O. The molecule has 0 radical (unpaired) electrons. The third kappa shape index (κ3) is 3.63. The molecule has 0 aliphatic heterocycles. The lowest BCUT2D eigenvalue weighted by atomic mass is 9.82. The zero-order valence-corrected chi connectivity index (χ0v) is 14.3. The van der Waals surface area contributed by atoms with Crippen molar-refractivity contribution in [2.75, 3.05) is 14.1 Å². The number of pyridine rings is 1. The summed E-state index contributed by atoms with van der Waals surface area (Å²) in [5.74, 6) is -0.489. The van der Waals surface area contributed by atoms with Crippen molar-refractivity contribution < 1.29 is 4.79 Å². The molecule has 1 amide bonds. The Kier molecular flexibility index (Phi) is 5.50. The summed E-state index contributed by atoms with van der Waals surface area (Å²) >= 11 is 3.38. The number of allylic oxidation sites excluding steroid dienone is 1. The van der Waals surface area contributed by atoms with Crippen molar-refractivity contribution in [1.82, 2.24) is 9.88 Å². The Balaban J connectivity index is 2.49. The zero-order chi connectivity index (χ0) is 16.1. The SMILES string of the molecule is C=C[C@@H](c1ccccc1)[C@@H](C(=O)N(C)C)c1ccc(Br)cn1. The molecular weight excluding hydrogens is 340 g/mol. The maximum atomic E-state index is 12.7. The summed E-state index contributed by atoms with van der Waals surface area (Å²) in [5, 5.41) is 0. The van der Waals surface area contributed by atoms with Gasteiger partial charge >= 0.3 is 0 Å². The van der Waals surface area contributed by atoms with E-state index in [-0.39, 0.29) is 17.7 Å². The van der Waals surface area contributed by atoms with Gasteiger partial charge in [0.05, 0.1) is 11.6 Å². The fraction of sp³-hybridized carbons (Fsp3) is 0.222. The van der Waals surface area contributed by atoms with E-state index in [0.29, 0.717) is 0 Å². The number of hydrogen-bond donors (Lipinski definition) is 0. The van der Waals surface area contributed by atoms with Crippen LogP contribution in [0.1, 0.15) is 23.1 Å². The van der Waals surface area contributed by atoms with Gasteiger partial charge in [0.15, 0.2) is 0 Å². The van der Waals surface area contributed by atoms with Crippen molar-refractivity contribution >= 4 is 21.8 Å². The molecule has 1 heterocycles. The highest BCUT2D eigenvalue weighted by Crippen LogP contribution is 2.34. The molecule has 0 spiro atoms. The predicted molar refractivity (Wildman–Crippen MR) is 92.8 cm³/mol. The number of carbonyl (C=O) groups is 1. The molecule has 2 aromatic rings. The third-order valence-corrected chi connectivity index (χ3v) is 4.04. The van der Waals surface area contributed by atoms with E-state index >= 15 is 0 Å². The van der Waals surface area contributed by atoms with Crippen LogP contribution in [0.15, 0.2) is 65.8 Å². The Morgan fingerprint density at radius 2 is 1.91 bits per heavy atom. The standard InChI is InChI=1S/C18H19BrN2O/c1-4-15(13-8-6-5-7-9-13)17(18(22)21(2)3)16-11-10-14(19)12-20-16/h4-12,15,17H,1H2,2-3H3/t15-,17+/m0/s1. The Hall–Kier alpha value is -1.94. The first-order chi connectivity index (χ1) is 10.5. The Morgan fingerprint density at radius 1 is 1.23 bits per heavy atom. The predicted octanol–water partition coefficient (Wildman–Crippen LogP) is 3.99. The van der Waals surface area contributed by atoms with Crippen molar-refractivity contribution in [1.29, 1.82) is 0 Å². The highest BCUT2D eigenvalue weighted by molar-refractivity contribution is 9.10. The zero-order valence-electron chi connectivity index (χ0n) is 12.7. The summed E-state index contributed by atoms with van der Waals surface area (Å²) in [6.45, 7) is 3.94. The second-order valence-electron chi connectivity index (χ2n) is 5.28. The van der Waals surface area contributed by atoms with Crippen LogP contribution >= 0.6 is 15.9 Å². The molecule has 2 atom stereocenters. The fourth-order valence-corrected chi connectivity index (χ4v) is 2.69. The van der Waals surface area contributed by atoms with Gasteiger partial charge in [-0.05, 0) is 33.6 Å². The number of halogens is 1. The molecule has 0 saturated heterocycles. The number of hydrogen-bond acceptors (Lipinski definition) is 2. The molecule has 4 heteroatoms. The molecule has 0 unspecified atom stereocenters. The summed E-state index contributed by atoms with van der Waals surface area (Å²) in [5.41, 5.74) is 1.80. The highest BCUT2D eigenvalue weighted by atomic mass is 79.9. The average Bonchev–Trinajstić information content (AvgIpc) is 2.53. The topological polar surface area (TPSA) is 33.2 Å². The summed E-state index contributed by atoms with van der Waals surface area (Å²) in [4.78, 5) is 18.8. The number of likely N-dealkylation sites (N-methyl/N-ethyl adjacent to an activating group) is 1. The second-order valence-corrected chi connectivity index (χ2v) is 6.20. The monoisotopic (exact) mass is 358 g/mol. The number of amides is 1. The van der Waals surface area contributed by atoms with Crippen LogP contribution in [0.4, 0.5) is 0 Å². The van der Waals surface area contributed by atoms with Crippen molar-refractivity contribution in [3.8, 4) is 0 Å². The molecule has 0 aliphatic rings. The largest absolute Gasteiger partial charge is 0.348 e. The van der Waals surface area contributed by atoms with Gasteiger partial charge in [0.2, 0.25) is 5.91 Å². The molecule has 2 rings (SSSR count). The first-order valence-electron chi connectivity index (χ1n) is 7.04. The van der Waals surface area contributed by atoms with E-state index in [9.17, 15) is 4.79 Å². The number of benzene rings is 1. The Labute approximate surface area is 139 Å². The third-order valence-electron chi connectivity index (χ3n) is 3.57. The van der Waals surface area contributed by atoms with Crippen molar-refractivity contribution in [3.05, 3.63) is 77.0 Å². The van der Waals surface area contributed by atoms with E-state index in [1.54, 1.807) is 25.2 Å². The Morgan fingerprint density at radius 3 is 2.41 bits per heavy atom. The number of carbonyl (C=O) groups excluding carboxylic acids is 1. The summed E-state index contributed by atoms with van der Waals surface area (Å²) in [6.07, 6.45) is 3.54. The van der Waals surface area contributed by atoms with Crippen molar-refractivity contribution in [3.63, 3.8) is 0 Å². The molecule has 0 N–H and O–H groups in total. The molecule has 1 aromatic heterocycles. The van der Waals surface area contributed by atoms with Gasteiger partial charge in [-0.15, -0.1) is 6.58 Å². The summed E-state index contributed by atoms with van der Waals surface area (Å²) < 4.78 is 0.891. The maximum absolute atomic E-state index is 12.7. The van der Waals surface area contributed by atoms with Crippen LogP contribution in [0.3, 0.4) is 0 Å². The molecule has 0 aliphatic carbocycles. The second kappa shape index (κ2) is 7.36. The van der Waals surface area contributed by atoms with Gasteiger partial charge in [0, 0.05) is 30.7 Å². The van der Waals surface area contributed by atoms with Crippen molar-refractivity contribution in [2.24, 2.45) is 0 Å². The van der Waals surface area contributed by atoms with Crippen LogP contribution in [0, 0.1) is 0 Å². The van der Waals surface area contributed by atoms with Crippen molar-refractivity contribution in [2.45, 2.75) is 11.8 Å². The van der Waals surface area contributed by atoms with E-state index in [1.165, 1.54) is 0 Å². The molecule has 0 fully saturated rings. The minimum Gasteiger partial charge on any atom is -0.348 e. The molecule has 22 heavy (non-hydrogen) atoms. The van der Waals surface area contributed by atoms with Crippen LogP contribution in [0.2, 0.25) is 0 Å². The number of aromatic nitrogens is 1. The molecule has 114 valence electrons. The lowest BCUT2D eigenvalue weighted by Crippen LogP contribution is -2.32. The van der Waals surface area contributed by atoms with Gasteiger partial charge in [-0.2, -0.15) is 0 Å². The van der Waals surface area contributed by atoms with E-state index in [1.807, 2.05) is 48.5 Å². The van der Waals surface area contributed by atoms with Gasteiger partial charge in [0.25, 0.3) is 0 Å². The van der Waals surface area contributed by atoms with Crippen LogP contribution in [-0.4, -0.2) is 29.9 Å². The van der Waals surface area contributed by atoms with E-state index < -0.39 is 0 Å². The number of nitrogens with zero attached hydrogens (tertiary/aromatic N) is 2. The van der Waals surface area contributed by atoms with Gasteiger partial charge in [0.1, 0.15) is 0 Å². The summed E-state index contributed by atoms with van der Waals surface area (Å²) in [6, 6.07) is 13.7. The minimum atomic E-state index is -0.386. The van der Waals surface area contributed by atoms with Gasteiger partial charge in [-0.1, -0.05) is 36.4 Å². The maximum Gasteiger partial charge on any atom is 0.232 e. The lowest BCUT2D eigenvalue weighted by Gasteiger charge is -2.26. The van der Waals surface area contributed by atoms with Crippen LogP contribution < -0.4 is 0 Å². The number of rotatable bonds is 5. The highest BCUT2D eigenvalue weighted by Gasteiger charge is 2.31. The molecule has 0 saturated carbocycles. The minimum absolute atomic E-state index is 0.0172. The first-order valence-corrected chi connectivity index (χ1v) is 7.84. The Bertz CT molecular complexity index is 638. The van der Waals surface area contributed by atoms with E-state index in [0.717, 1.165) is 15.7 Å². The lowest BCUT2D eigenvalue weighted by molar-refractivity contribution is -0.130. The molecule has 1 aromatic carbocycles. The van der Waals surface area contributed by atoms with Crippen LogP contribution in [0.25, 0.3) is 0 Å². The van der Waals surface area contributed by atoms with Gasteiger partial charge in [-0.3, -0.25) is 9.78 Å². The fourth-order valence-electron chi connectivity index (χ4n) is 2.45.